The molecule has 0 saturated carbocycles. The average Bonchev–Trinajstić information content (AvgIpc) is 3.27. The Morgan fingerprint density at radius 3 is 3.08 bits per heavy atom. The Labute approximate surface area is 146 Å². The van der Waals surface area contributed by atoms with Crippen LogP contribution in [0.4, 0.5) is 0 Å². The van der Waals surface area contributed by atoms with Crippen molar-refractivity contribution in [2.24, 2.45) is 0 Å². The standard InChI is InChI=1S/C18H22N2O3S/c21-16(17-7-4-10-23-17)11-15-6-3-9-20(15)18(22)13-24-12-14-5-1-2-8-19-14/h1-2,4-5,7-8,10,15-16,21H,3,6,9,11-13H2. The van der Waals surface area contributed by atoms with Crippen LogP contribution in [0.1, 0.15) is 36.8 Å². The van der Waals surface area contributed by atoms with E-state index in [1.807, 2.05) is 23.1 Å². The maximum atomic E-state index is 12.5. The second-order valence-corrected chi connectivity index (χ2v) is 6.95. The highest BCUT2D eigenvalue weighted by molar-refractivity contribution is 7.99. The number of nitrogens with zero attached hydrogens (tertiary/aromatic N) is 2. The molecular formula is C18H22N2O3S. The number of furan rings is 1. The molecule has 1 saturated heterocycles. The first-order valence-corrected chi connectivity index (χ1v) is 9.38. The Balaban J connectivity index is 1.48. The normalized spacial score (nSPS) is 18.7. The van der Waals surface area contributed by atoms with Gasteiger partial charge in [0.25, 0.3) is 0 Å². The van der Waals surface area contributed by atoms with Crippen LogP contribution in [-0.2, 0) is 10.5 Å². The summed E-state index contributed by atoms with van der Waals surface area (Å²) in [5.74, 6) is 1.90. The Morgan fingerprint density at radius 2 is 2.33 bits per heavy atom. The molecule has 3 heterocycles. The van der Waals surface area contributed by atoms with Gasteiger partial charge in [-0.25, -0.2) is 0 Å². The number of aliphatic hydroxyl groups is 1. The first-order valence-electron chi connectivity index (χ1n) is 8.22. The fourth-order valence-electron chi connectivity index (χ4n) is 3.07. The Bertz CT molecular complexity index is 633. The zero-order valence-corrected chi connectivity index (χ0v) is 14.3. The molecule has 2 aromatic heterocycles. The fraction of sp³-hybridized carbons (Fsp3) is 0.444. The molecule has 0 spiro atoms. The van der Waals surface area contributed by atoms with Gasteiger partial charge in [-0.2, -0.15) is 0 Å². The van der Waals surface area contributed by atoms with Crippen LogP contribution in [-0.4, -0.2) is 39.2 Å². The van der Waals surface area contributed by atoms with Crippen LogP contribution in [0.5, 0.6) is 0 Å². The lowest BCUT2D eigenvalue weighted by molar-refractivity contribution is -0.129. The molecule has 2 atom stereocenters. The van der Waals surface area contributed by atoms with Crippen LogP contribution < -0.4 is 0 Å². The van der Waals surface area contributed by atoms with E-state index in [9.17, 15) is 9.90 Å². The molecule has 3 rings (SSSR count). The van der Waals surface area contributed by atoms with Gasteiger partial charge < -0.3 is 14.4 Å². The lowest BCUT2D eigenvalue weighted by Gasteiger charge is -2.26. The molecule has 5 nitrogen and oxygen atoms in total. The number of aromatic nitrogens is 1. The van der Waals surface area contributed by atoms with Crippen molar-refractivity contribution >= 4 is 17.7 Å². The predicted molar refractivity (Wildman–Crippen MR) is 93.4 cm³/mol. The molecule has 1 aliphatic rings. The van der Waals surface area contributed by atoms with Gasteiger partial charge in [-0.15, -0.1) is 11.8 Å². The predicted octanol–water partition coefficient (Wildman–Crippen LogP) is 3.02. The summed E-state index contributed by atoms with van der Waals surface area (Å²) in [5, 5.41) is 10.2. The highest BCUT2D eigenvalue weighted by Crippen LogP contribution is 2.28. The third-order valence-corrected chi connectivity index (χ3v) is 5.22. The van der Waals surface area contributed by atoms with Gasteiger partial charge in [0.1, 0.15) is 11.9 Å². The summed E-state index contributed by atoms with van der Waals surface area (Å²) in [4.78, 5) is 18.7. The SMILES string of the molecule is O=C(CSCc1ccccn1)N1CCCC1CC(O)c1ccco1. The van der Waals surface area contributed by atoms with E-state index in [-0.39, 0.29) is 11.9 Å². The van der Waals surface area contributed by atoms with E-state index in [4.69, 9.17) is 4.42 Å². The molecule has 6 heteroatoms. The summed E-state index contributed by atoms with van der Waals surface area (Å²) in [6.07, 6.45) is 5.14. The van der Waals surface area contributed by atoms with Crippen LogP contribution >= 0.6 is 11.8 Å². The number of carbonyl (C=O) groups is 1. The third-order valence-electron chi connectivity index (χ3n) is 4.27. The minimum Gasteiger partial charge on any atom is -0.467 e. The summed E-state index contributed by atoms with van der Waals surface area (Å²) in [6.45, 7) is 0.776. The summed E-state index contributed by atoms with van der Waals surface area (Å²) >= 11 is 1.59. The number of pyridine rings is 1. The monoisotopic (exact) mass is 346 g/mol. The minimum atomic E-state index is -0.653. The van der Waals surface area contributed by atoms with Crippen molar-refractivity contribution in [1.82, 2.24) is 9.88 Å². The van der Waals surface area contributed by atoms with Crippen molar-refractivity contribution in [2.75, 3.05) is 12.3 Å². The summed E-state index contributed by atoms with van der Waals surface area (Å²) in [5.41, 5.74) is 0.988. The van der Waals surface area contributed by atoms with Gasteiger partial charge in [-0.3, -0.25) is 9.78 Å². The molecule has 1 amide bonds. The van der Waals surface area contributed by atoms with E-state index in [0.29, 0.717) is 17.9 Å². The molecule has 0 radical (unpaired) electrons. The quantitative estimate of drug-likeness (QED) is 0.835. The molecular weight excluding hydrogens is 324 g/mol. The summed E-state index contributed by atoms with van der Waals surface area (Å²) < 4.78 is 5.25. The largest absolute Gasteiger partial charge is 0.467 e. The van der Waals surface area contributed by atoms with E-state index >= 15 is 0 Å². The molecule has 1 N–H and O–H groups in total. The average molecular weight is 346 g/mol. The fourth-order valence-corrected chi connectivity index (χ4v) is 3.90. The van der Waals surface area contributed by atoms with Crippen molar-refractivity contribution in [3.8, 4) is 0 Å². The Morgan fingerprint density at radius 1 is 1.42 bits per heavy atom. The number of hydrogen-bond acceptors (Lipinski definition) is 5. The molecule has 0 bridgehead atoms. The van der Waals surface area contributed by atoms with Gasteiger partial charge >= 0.3 is 0 Å². The zero-order chi connectivity index (χ0) is 16.8. The topological polar surface area (TPSA) is 66.6 Å². The van der Waals surface area contributed by atoms with E-state index in [1.54, 1.807) is 36.4 Å². The smallest absolute Gasteiger partial charge is 0.232 e. The molecule has 0 aliphatic carbocycles. The van der Waals surface area contributed by atoms with Gasteiger partial charge in [0, 0.05) is 31.0 Å². The summed E-state index contributed by atoms with van der Waals surface area (Å²) in [6, 6.07) is 9.44. The highest BCUT2D eigenvalue weighted by atomic mass is 32.2. The molecule has 1 aliphatic heterocycles. The lowest BCUT2D eigenvalue weighted by atomic mass is 10.1. The van der Waals surface area contributed by atoms with Gasteiger partial charge in [0.15, 0.2) is 0 Å². The molecule has 2 aromatic rings. The van der Waals surface area contributed by atoms with Gasteiger partial charge in [-0.1, -0.05) is 6.07 Å². The highest BCUT2D eigenvalue weighted by Gasteiger charge is 2.31. The maximum Gasteiger partial charge on any atom is 0.232 e. The minimum absolute atomic E-state index is 0.0908. The van der Waals surface area contributed by atoms with E-state index in [0.717, 1.165) is 30.8 Å². The first kappa shape index (κ1) is 17.0. The van der Waals surface area contributed by atoms with Crippen LogP contribution in [0.2, 0.25) is 0 Å². The lowest BCUT2D eigenvalue weighted by Crippen LogP contribution is -2.37. The van der Waals surface area contributed by atoms with Crippen molar-refractivity contribution in [3.05, 3.63) is 54.2 Å². The van der Waals surface area contributed by atoms with Crippen LogP contribution in [0.3, 0.4) is 0 Å². The van der Waals surface area contributed by atoms with E-state index in [2.05, 4.69) is 4.98 Å². The zero-order valence-electron chi connectivity index (χ0n) is 13.5. The van der Waals surface area contributed by atoms with Crippen molar-refractivity contribution in [3.63, 3.8) is 0 Å². The van der Waals surface area contributed by atoms with Crippen LogP contribution in [0.25, 0.3) is 0 Å². The molecule has 128 valence electrons. The Kier molecular flexibility index (Phi) is 5.93. The summed E-state index contributed by atoms with van der Waals surface area (Å²) in [7, 11) is 0. The number of carbonyl (C=O) groups excluding carboxylic acids is 1. The Hall–Kier alpha value is -1.79. The first-order chi connectivity index (χ1) is 11.7. The van der Waals surface area contributed by atoms with Gasteiger partial charge in [0.05, 0.1) is 17.7 Å². The second kappa shape index (κ2) is 8.35. The number of hydrogen-bond donors (Lipinski definition) is 1. The van der Waals surface area contributed by atoms with Crippen molar-refractivity contribution < 1.29 is 14.3 Å². The number of aliphatic hydroxyl groups excluding tert-OH is 1. The molecule has 24 heavy (non-hydrogen) atoms. The van der Waals surface area contributed by atoms with Gasteiger partial charge in [0.2, 0.25) is 5.91 Å². The number of likely N-dealkylation sites (tertiary alicyclic amines) is 1. The van der Waals surface area contributed by atoms with Crippen LogP contribution in [0, 0.1) is 0 Å². The van der Waals surface area contributed by atoms with E-state index in [1.165, 1.54) is 0 Å². The number of rotatable bonds is 7. The number of thioether (sulfide) groups is 1. The van der Waals surface area contributed by atoms with Crippen LogP contribution in [0.15, 0.2) is 47.2 Å². The maximum absolute atomic E-state index is 12.5. The molecule has 1 fully saturated rings. The number of amides is 1. The van der Waals surface area contributed by atoms with Crippen molar-refractivity contribution in [2.45, 2.75) is 37.2 Å². The molecule has 0 aromatic carbocycles. The van der Waals surface area contributed by atoms with Gasteiger partial charge in [-0.05, 0) is 37.1 Å². The third kappa shape index (κ3) is 4.39. The second-order valence-electron chi connectivity index (χ2n) is 5.96. The van der Waals surface area contributed by atoms with E-state index < -0.39 is 6.10 Å². The molecule has 2 unspecified atom stereocenters. The van der Waals surface area contributed by atoms with Crippen molar-refractivity contribution in [1.29, 1.82) is 0 Å².